The van der Waals surface area contributed by atoms with Gasteiger partial charge in [-0.1, -0.05) is 0 Å². The van der Waals surface area contributed by atoms with Crippen molar-refractivity contribution in [2.75, 3.05) is 32.5 Å². The Morgan fingerprint density at radius 1 is 1.08 bits per heavy atom. The Bertz CT molecular complexity index is 902. The molecule has 3 aromatic rings. The molecular formula is C19H29Cl2N5. The van der Waals surface area contributed by atoms with Gasteiger partial charge in [-0.2, -0.15) is 5.10 Å². The zero-order valence-corrected chi connectivity index (χ0v) is 18.0. The van der Waals surface area contributed by atoms with Crippen molar-refractivity contribution in [1.29, 1.82) is 0 Å². The van der Waals surface area contributed by atoms with Crippen molar-refractivity contribution >= 4 is 52.4 Å². The number of fused-ring (bicyclic) bond motifs is 2. The van der Waals surface area contributed by atoms with Gasteiger partial charge in [-0.05, 0) is 71.1 Å². The van der Waals surface area contributed by atoms with Crippen LogP contribution in [0.3, 0.4) is 0 Å². The number of anilines is 1. The Kier molecular flexibility index (Phi) is 7.69. The van der Waals surface area contributed by atoms with E-state index < -0.39 is 0 Å². The molecule has 0 atom stereocenters. The summed E-state index contributed by atoms with van der Waals surface area (Å²) < 4.78 is 1.88. The Balaban J connectivity index is 0.00000169. The Morgan fingerprint density at radius 2 is 1.73 bits per heavy atom. The van der Waals surface area contributed by atoms with E-state index in [2.05, 4.69) is 62.3 Å². The predicted molar refractivity (Wildman–Crippen MR) is 116 cm³/mol. The van der Waals surface area contributed by atoms with E-state index in [1.165, 1.54) is 22.2 Å². The van der Waals surface area contributed by atoms with Crippen LogP contribution < -0.4 is 5.32 Å². The first kappa shape index (κ1) is 22.5. The van der Waals surface area contributed by atoms with Crippen LogP contribution in [0, 0.1) is 20.8 Å². The van der Waals surface area contributed by atoms with Crippen molar-refractivity contribution in [2.24, 2.45) is 7.05 Å². The first-order chi connectivity index (χ1) is 11.4. The summed E-state index contributed by atoms with van der Waals surface area (Å²) in [6.07, 6.45) is 1.10. The van der Waals surface area contributed by atoms with Gasteiger partial charge in [0.05, 0.1) is 22.3 Å². The molecule has 0 aliphatic heterocycles. The van der Waals surface area contributed by atoms with Crippen LogP contribution in [0.1, 0.15) is 23.2 Å². The van der Waals surface area contributed by atoms with Crippen LogP contribution in [-0.4, -0.2) is 46.8 Å². The number of aryl methyl sites for hydroxylation is 4. The zero-order valence-electron chi connectivity index (χ0n) is 16.4. The summed E-state index contributed by atoms with van der Waals surface area (Å²) in [5.74, 6) is 0. The Labute approximate surface area is 168 Å². The van der Waals surface area contributed by atoms with Gasteiger partial charge in [-0.25, -0.2) is 4.98 Å². The molecule has 2 aromatic heterocycles. The molecule has 1 N–H and O–H groups in total. The highest BCUT2D eigenvalue weighted by atomic mass is 35.5. The molecule has 0 saturated heterocycles. The second-order valence-corrected chi connectivity index (χ2v) is 6.93. The van der Waals surface area contributed by atoms with Gasteiger partial charge in [-0.15, -0.1) is 24.8 Å². The molecule has 0 spiro atoms. The highest BCUT2D eigenvalue weighted by Crippen LogP contribution is 2.34. The van der Waals surface area contributed by atoms with Crippen LogP contribution in [0.15, 0.2) is 12.1 Å². The number of hydrogen-bond acceptors (Lipinski definition) is 4. The van der Waals surface area contributed by atoms with E-state index >= 15 is 0 Å². The van der Waals surface area contributed by atoms with Crippen LogP contribution >= 0.6 is 24.8 Å². The number of hydrogen-bond donors (Lipinski definition) is 1. The molecule has 0 saturated carbocycles. The summed E-state index contributed by atoms with van der Waals surface area (Å²) >= 11 is 0. The van der Waals surface area contributed by atoms with Crippen molar-refractivity contribution in [1.82, 2.24) is 19.7 Å². The van der Waals surface area contributed by atoms with Gasteiger partial charge < -0.3 is 10.2 Å². The van der Waals surface area contributed by atoms with Crippen molar-refractivity contribution in [2.45, 2.75) is 27.2 Å². The van der Waals surface area contributed by atoms with E-state index in [1.54, 1.807) is 0 Å². The number of nitrogens with one attached hydrogen (secondary N) is 1. The summed E-state index contributed by atoms with van der Waals surface area (Å²) in [6, 6.07) is 4.43. The van der Waals surface area contributed by atoms with Crippen molar-refractivity contribution in [3.63, 3.8) is 0 Å². The molecule has 26 heavy (non-hydrogen) atoms. The first-order valence-corrected chi connectivity index (χ1v) is 8.51. The Hall–Kier alpha value is -1.56. The van der Waals surface area contributed by atoms with Gasteiger partial charge >= 0.3 is 0 Å². The van der Waals surface area contributed by atoms with E-state index in [9.17, 15) is 0 Å². The molecule has 0 aliphatic rings. The summed E-state index contributed by atoms with van der Waals surface area (Å²) in [5, 5.41) is 10.6. The van der Waals surface area contributed by atoms with E-state index in [4.69, 9.17) is 4.98 Å². The highest BCUT2D eigenvalue weighted by molar-refractivity contribution is 6.08. The van der Waals surface area contributed by atoms with Crippen molar-refractivity contribution in [3.05, 3.63) is 29.0 Å². The van der Waals surface area contributed by atoms with Gasteiger partial charge in [0.1, 0.15) is 0 Å². The maximum Gasteiger partial charge on any atom is 0.160 e. The molecule has 0 radical (unpaired) electrons. The monoisotopic (exact) mass is 397 g/mol. The third kappa shape index (κ3) is 4.22. The molecule has 0 aliphatic carbocycles. The van der Waals surface area contributed by atoms with Crippen LogP contribution in [0.5, 0.6) is 0 Å². The fourth-order valence-corrected chi connectivity index (χ4v) is 3.20. The van der Waals surface area contributed by atoms with Crippen LogP contribution in [0.25, 0.3) is 21.9 Å². The van der Waals surface area contributed by atoms with Gasteiger partial charge in [0.15, 0.2) is 5.65 Å². The molecule has 0 fully saturated rings. The molecule has 2 heterocycles. The fourth-order valence-electron chi connectivity index (χ4n) is 3.20. The first-order valence-electron chi connectivity index (χ1n) is 8.51. The standard InChI is InChI=1S/C19H27N5.2ClH/c1-12-10-15-16(11-13(12)2)21-19-17(14(3)22-24(19)6)18(15)20-8-7-9-23(4)5;;/h10-11H,7-9H2,1-6H3,(H,20,21);2*1H. The lowest BCUT2D eigenvalue weighted by molar-refractivity contribution is 0.405. The predicted octanol–water partition coefficient (Wildman–Crippen LogP) is 4.25. The molecule has 3 rings (SSSR count). The average Bonchev–Trinajstić information content (AvgIpc) is 2.79. The minimum absolute atomic E-state index is 0. The zero-order chi connectivity index (χ0) is 17.4. The fraction of sp³-hybridized carbons (Fsp3) is 0.474. The molecule has 1 aromatic carbocycles. The number of pyridine rings is 1. The number of aromatic nitrogens is 3. The highest BCUT2D eigenvalue weighted by Gasteiger charge is 2.16. The van der Waals surface area contributed by atoms with Crippen molar-refractivity contribution in [3.8, 4) is 0 Å². The van der Waals surface area contributed by atoms with Crippen LogP contribution in [0.4, 0.5) is 5.69 Å². The topological polar surface area (TPSA) is 46.0 Å². The summed E-state index contributed by atoms with van der Waals surface area (Å²) in [5.41, 5.74) is 6.73. The minimum atomic E-state index is 0. The normalized spacial score (nSPS) is 10.9. The van der Waals surface area contributed by atoms with Gasteiger partial charge in [0.25, 0.3) is 0 Å². The number of rotatable bonds is 5. The van der Waals surface area contributed by atoms with E-state index in [0.717, 1.165) is 41.8 Å². The van der Waals surface area contributed by atoms with E-state index in [1.807, 2.05) is 11.7 Å². The molecule has 7 heteroatoms. The largest absolute Gasteiger partial charge is 0.384 e. The van der Waals surface area contributed by atoms with Crippen LogP contribution in [-0.2, 0) is 7.05 Å². The van der Waals surface area contributed by atoms with E-state index in [0.29, 0.717) is 0 Å². The van der Waals surface area contributed by atoms with Gasteiger partial charge in [0.2, 0.25) is 0 Å². The lowest BCUT2D eigenvalue weighted by Crippen LogP contribution is -2.16. The Morgan fingerprint density at radius 3 is 2.38 bits per heavy atom. The second-order valence-electron chi connectivity index (χ2n) is 6.93. The molecule has 0 bridgehead atoms. The number of benzene rings is 1. The van der Waals surface area contributed by atoms with Gasteiger partial charge in [0, 0.05) is 19.0 Å². The lowest BCUT2D eigenvalue weighted by Gasteiger charge is -2.15. The molecule has 144 valence electrons. The third-order valence-corrected chi connectivity index (χ3v) is 4.63. The van der Waals surface area contributed by atoms with Gasteiger partial charge in [-0.3, -0.25) is 4.68 Å². The van der Waals surface area contributed by atoms with Crippen molar-refractivity contribution < 1.29 is 0 Å². The minimum Gasteiger partial charge on any atom is -0.384 e. The summed E-state index contributed by atoms with van der Waals surface area (Å²) in [7, 11) is 6.18. The maximum absolute atomic E-state index is 4.87. The SMILES string of the molecule is Cc1cc2nc3c(c(C)nn3C)c(NCCCN(C)C)c2cc1C.Cl.Cl. The number of nitrogens with zero attached hydrogens (tertiary/aromatic N) is 4. The maximum atomic E-state index is 4.87. The summed E-state index contributed by atoms with van der Waals surface area (Å²) in [4.78, 5) is 7.08. The lowest BCUT2D eigenvalue weighted by atomic mass is 10.0. The molecule has 0 unspecified atom stereocenters. The second kappa shape index (κ2) is 8.89. The third-order valence-electron chi connectivity index (χ3n) is 4.63. The molecule has 5 nitrogen and oxygen atoms in total. The quantitative estimate of drug-likeness (QED) is 0.653. The smallest absolute Gasteiger partial charge is 0.160 e. The molecular weight excluding hydrogens is 369 g/mol. The van der Waals surface area contributed by atoms with E-state index in [-0.39, 0.29) is 24.8 Å². The van der Waals surface area contributed by atoms with Crippen LogP contribution in [0.2, 0.25) is 0 Å². The average molecular weight is 398 g/mol. The molecule has 0 amide bonds. The number of halogens is 2. The summed E-state index contributed by atoms with van der Waals surface area (Å²) in [6.45, 7) is 8.36.